The van der Waals surface area contributed by atoms with Crippen molar-refractivity contribution >= 4 is 27.5 Å². The number of guanidine groups is 1. The lowest BCUT2D eigenvalue weighted by Crippen LogP contribution is -2.35. The van der Waals surface area contributed by atoms with E-state index in [1.165, 1.54) is 89.9 Å². The van der Waals surface area contributed by atoms with Crippen LogP contribution in [0, 0.1) is 40.9 Å². The van der Waals surface area contributed by atoms with Gasteiger partial charge in [-0.05, 0) is 85.9 Å². The van der Waals surface area contributed by atoms with E-state index in [1.807, 2.05) is 16.4 Å². The number of aliphatic imine (C=N–C) groups is 1. The number of unbranched alkanes of at least 4 members (excludes halogenated alkanes) is 1. The second kappa shape index (κ2) is 15.5. The van der Waals surface area contributed by atoms with E-state index >= 15 is 0 Å². The molecule has 0 saturated heterocycles. The van der Waals surface area contributed by atoms with E-state index in [0.717, 1.165) is 53.1 Å². The van der Waals surface area contributed by atoms with Crippen molar-refractivity contribution in [2.24, 2.45) is 57.4 Å². The van der Waals surface area contributed by atoms with Crippen molar-refractivity contribution in [3.63, 3.8) is 0 Å². The van der Waals surface area contributed by atoms with Gasteiger partial charge in [-0.25, -0.2) is 0 Å². The van der Waals surface area contributed by atoms with E-state index in [9.17, 15) is 0 Å². The molecule has 7 unspecified atom stereocenters. The molecule has 3 nitrogen and oxygen atoms in total. The molecule has 0 aromatic heterocycles. The smallest absolute Gasteiger partial charge is 0.185 e. The molecule has 37 heavy (non-hydrogen) atoms. The van der Waals surface area contributed by atoms with Gasteiger partial charge in [0.05, 0.1) is 6.54 Å². The van der Waals surface area contributed by atoms with Crippen LogP contribution in [0.5, 0.6) is 0 Å². The Morgan fingerprint density at radius 1 is 1.08 bits per heavy atom. The Bertz CT molecular complexity index is 732. The molecule has 3 rings (SSSR count). The van der Waals surface area contributed by atoms with Gasteiger partial charge in [0.2, 0.25) is 0 Å². The highest BCUT2D eigenvalue weighted by Gasteiger charge is 2.46. The van der Waals surface area contributed by atoms with Crippen molar-refractivity contribution in [2.75, 3.05) is 12.3 Å². The Hall–Kier alpha value is -0.290. The van der Waals surface area contributed by atoms with Crippen molar-refractivity contribution in [3.05, 3.63) is 11.6 Å². The molecular weight excluding hydrogens is 491 g/mol. The van der Waals surface area contributed by atoms with E-state index in [1.54, 1.807) is 0 Å². The van der Waals surface area contributed by atoms with Gasteiger partial charge >= 0.3 is 0 Å². The summed E-state index contributed by atoms with van der Waals surface area (Å²) in [5, 5.41) is 0.750. The molecule has 2 saturated carbocycles. The number of fused-ring (bicyclic) bond motifs is 4. The summed E-state index contributed by atoms with van der Waals surface area (Å²) >= 11 is 0. The first-order chi connectivity index (χ1) is 17.7. The monoisotopic (exact) mass is 549 g/mol. The van der Waals surface area contributed by atoms with Crippen LogP contribution in [0.1, 0.15) is 125 Å². The van der Waals surface area contributed by atoms with Gasteiger partial charge < -0.3 is 11.5 Å². The van der Waals surface area contributed by atoms with Gasteiger partial charge in [0.1, 0.15) is 0 Å². The lowest BCUT2D eigenvalue weighted by Gasteiger charge is -2.45. The molecule has 0 spiro atoms. The molecule has 0 radical (unpaired) electrons. The van der Waals surface area contributed by atoms with Gasteiger partial charge in [0.15, 0.2) is 5.96 Å². The molecule has 5 heteroatoms. The molecule has 2 bridgehead atoms. The number of nitrogens with zero attached hydrogens (tertiary/aromatic N) is 1. The summed E-state index contributed by atoms with van der Waals surface area (Å²) in [4.78, 5) is 4.13. The Labute approximate surface area is 238 Å². The molecule has 2 fully saturated rings. The van der Waals surface area contributed by atoms with Crippen LogP contribution >= 0.6 is 21.6 Å². The third-order valence-electron chi connectivity index (χ3n) is 10.3. The maximum atomic E-state index is 5.47. The first kappa shape index (κ1) is 31.2. The Morgan fingerprint density at radius 2 is 1.84 bits per heavy atom. The molecule has 0 aromatic rings. The number of hydrogen-bond donors (Lipinski definition) is 2. The predicted molar refractivity (Wildman–Crippen MR) is 169 cm³/mol. The molecule has 214 valence electrons. The van der Waals surface area contributed by atoms with Crippen LogP contribution in [0.2, 0.25) is 0 Å². The second-order valence-corrected chi connectivity index (χ2v) is 16.4. The highest BCUT2D eigenvalue weighted by atomic mass is 33.1. The van der Waals surface area contributed by atoms with E-state index in [-0.39, 0.29) is 5.96 Å². The molecule has 3 aliphatic carbocycles. The number of allylic oxidation sites excluding steroid dienone is 2. The van der Waals surface area contributed by atoms with Crippen LogP contribution in [0.3, 0.4) is 0 Å². The highest BCUT2D eigenvalue weighted by molar-refractivity contribution is 8.76. The van der Waals surface area contributed by atoms with E-state index in [0.29, 0.717) is 5.41 Å². The lowest BCUT2D eigenvalue weighted by molar-refractivity contribution is 0.153. The summed E-state index contributed by atoms with van der Waals surface area (Å²) in [7, 11) is 4.05. The molecule has 3 aliphatic rings. The normalized spacial score (nSPS) is 32.7. The van der Waals surface area contributed by atoms with Gasteiger partial charge in [-0.2, -0.15) is 0 Å². The Kier molecular flexibility index (Phi) is 13.1. The lowest BCUT2D eigenvalue weighted by atomic mass is 9.62. The molecular formula is C32H59N3S2. The van der Waals surface area contributed by atoms with Crippen molar-refractivity contribution in [2.45, 2.75) is 130 Å². The van der Waals surface area contributed by atoms with Crippen molar-refractivity contribution in [1.29, 1.82) is 0 Å². The van der Waals surface area contributed by atoms with Crippen LogP contribution in [0.25, 0.3) is 0 Å². The average Bonchev–Trinajstić information content (AvgIpc) is 3.09. The van der Waals surface area contributed by atoms with Crippen LogP contribution in [-0.2, 0) is 0 Å². The molecule has 0 aliphatic heterocycles. The Morgan fingerprint density at radius 3 is 2.59 bits per heavy atom. The average molecular weight is 550 g/mol. The summed E-state index contributed by atoms with van der Waals surface area (Å²) < 4.78 is 0. The largest absolute Gasteiger partial charge is 0.370 e. The SMILES string of the molecule is CC(C)CCCCC(C)CCCC1C(C)CCC2CC1CC=C1CC(SSCCN=C(N)N)CCC12C. The molecule has 0 amide bonds. The quantitative estimate of drug-likeness (QED) is 0.0745. The molecule has 4 N–H and O–H groups in total. The van der Waals surface area contributed by atoms with Gasteiger partial charge in [0, 0.05) is 11.0 Å². The van der Waals surface area contributed by atoms with Gasteiger partial charge in [-0.3, -0.25) is 4.99 Å². The third-order valence-corrected chi connectivity index (χ3v) is 13.1. The van der Waals surface area contributed by atoms with Crippen LogP contribution < -0.4 is 11.5 Å². The zero-order chi connectivity index (χ0) is 26.8. The number of nitrogens with two attached hydrogens (primary N) is 2. The van der Waals surface area contributed by atoms with Crippen molar-refractivity contribution in [3.8, 4) is 0 Å². The minimum atomic E-state index is 0.212. The fraction of sp³-hybridized carbons (Fsp3) is 0.906. The fourth-order valence-electron chi connectivity index (χ4n) is 7.78. The van der Waals surface area contributed by atoms with Gasteiger partial charge in [0.25, 0.3) is 0 Å². The van der Waals surface area contributed by atoms with Crippen LogP contribution in [-0.4, -0.2) is 23.5 Å². The summed E-state index contributed by atoms with van der Waals surface area (Å²) in [6, 6.07) is 0. The van der Waals surface area contributed by atoms with Gasteiger partial charge in [-0.15, -0.1) is 0 Å². The zero-order valence-corrected chi connectivity index (χ0v) is 26.5. The predicted octanol–water partition coefficient (Wildman–Crippen LogP) is 9.22. The van der Waals surface area contributed by atoms with E-state index in [2.05, 4.69) is 56.5 Å². The topological polar surface area (TPSA) is 64.4 Å². The third kappa shape index (κ3) is 9.69. The number of hydrogen-bond acceptors (Lipinski definition) is 3. The molecule has 0 aromatic carbocycles. The molecule has 7 atom stereocenters. The zero-order valence-electron chi connectivity index (χ0n) is 24.9. The van der Waals surface area contributed by atoms with Crippen LogP contribution in [0.15, 0.2) is 16.6 Å². The van der Waals surface area contributed by atoms with E-state index in [4.69, 9.17) is 11.5 Å². The first-order valence-corrected chi connectivity index (χ1v) is 18.1. The van der Waals surface area contributed by atoms with Crippen LogP contribution in [0.4, 0.5) is 0 Å². The maximum Gasteiger partial charge on any atom is 0.185 e. The number of rotatable bonds is 14. The first-order valence-electron chi connectivity index (χ1n) is 15.7. The van der Waals surface area contributed by atoms with E-state index < -0.39 is 0 Å². The summed E-state index contributed by atoms with van der Waals surface area (Å²) in [6.07, 6.45) is 22.6. The Balaban J connectivity index is 1.51. The van der Waals surface area contributed by atoms with Crippen molar-refractivity contribution < 1.29 is 0 Å². The summed E-state index contributed by atoms with van der Waals surface area (Å²) in [5.41, 5.74) is 13.2. The van der Waals surface area contributed by atoms with Crippen molar-refractivity contribution in [1.82, 2.24) is 0 Å². The minimum absolute atomic E-state index is 0.212. The van der Waals surface area contributed by atoms with Gasteiger partial charge in [-0.1, -0.05) is 113 Å². The standard InChI is InChI=1S/C32H59N3S2/c1-23(2)9-6-7-10-24(3)11-8-12-30-25(4)13-15-27-21-26(30)14-16-28-22-29(17-18-32(27,28)5)37-36-20-19-35-31(33)34/h16,23-27,29-30H,6-15,17-22H2,1-5H3,(H4,33,34,35). The molecule has 0 heterocycles. The second-order valence-electron chi connectivity index (χ2n) is 13.6. The minimum Gasteiger partial charge on any atom is -0.370 e. The highest BCUT2D eigenvalue weighted by Crippen LogP contribution is 2.57. The summed E-state index contributed by atoms with van der Waals surface area (Å²) in [6.45, 7) is 13.2. The maximum absolute atomic E-state index is 5.47. The fourth-order valence-corrected chi connectivity index (χ4v) is 10.3. The summed E-state index contributed by atoms with van der Waals surface area (Å²) in [5.74, 6) is 6.64.